The van der Waals surface area contributed by atoms with Gasteiger partial charge in [0.15, 0.2) is 0 Å². The Balaban J connectivity index is 1.79. The zero-order valence-electron chi connectivity index (χ0n) is 11.7. The Hall–Kier alpha value is -2.10. The van der Waals surface area contributed by atoms with Gasteiger partial charge in [0, 0.05) is 14.1 Å². The molecule has 2 aromatic rings. The molecule has 0 saturated carbocycles. The molecule has 0 amide bonds. The number of hydrogen-bond donors (Lipinski definition) is 1. The summed E-state index contributed by atoms with van der Waals surface area (Å²) in [5.41, 5.74) is 2.89. The zero-order valence-corrected chi connectivity index (χ0v) is 11.7. The lowest BCUT2D eigenvalue weighted by molar-refractivity contribution is 0.612. The van der Waals surface area contributed by atoms with Gasteiger partial charge in [0.2, 0.25) is 0 Å². The number of pyridine rings is 1. The van der Waals surface area contributed by atoms with Gasteiger partial charge in [-0.25, -0.2) is 9.37 Å². The quantitative estimate of drug-likeness (QED) is 0.927. The van der Waals surface area contributed by atoms with Crippen LogP contribution in [0.4, 0.5) is 15.9 Å². The third kappa shape index (κ3) is 2.33. The molecule has 0 bridgehead atoms. The van der Waals surface area contributed by atoms with Crippen molar-refractivity contribution in [2.75, 3.05) is 24.3 Å². The molecule has 1 aromatic carbocycles. The van der Waals surface area contributed by atoms with Crippen LogP contribution in [0, 0.1) is 5.82 Å². The second-order valence-corrected chi connectivity index (χ2v) is 5.34. The fourth-order valence-corrected chi connectivity index (χ4v) is 2.70. The maximum atomic E-state index is 13.7. The van der Waals surface area contributed by atoms with E-state index >= 15 is 0 Å². The normalized spacial score (nSPS) is 16.9. The first-order chi connectivity index (χ1) is 9.65. The van der Waals surface area contributed by atoms with Crippen molar-refractivity contribution in [2.45, 2.75) is 18.9 Å². The third-order valence-corrected chi connectivity index (χ3v) is 3.76. The molecule has 1 aliphatic carbocycles. The van der Waals surface area contributed by atoms with Crippen molar-refractivity contribution in [3.05, 3.63) is 53.5 Å². The maximum Gasteiger partial charge on any atom is 0.128 e. The van der Waals surface area contributed by atoms with Crippen LogP contribution in [0.25, 0.3) is 0 Å². The van der Waals surface area contributed by atoms with Gasteiger partial charge in [0.05, 0.1) is 17.9 Å². The molecule has 3 nitrogen and oxygen atoms in total. The summed E-state index contributed by atoms with van der Waals surface area (Å²) in [6, 6.07) is 9.48. The molecular weight excluding hydrogens is 253 g/mol. The van der Waals surface area contributed by atoms with Crippen LogP contribution in [0.2, 0.25) is 0 Å². The Morgan fingerprint density at radius 3 is 2.80 bits per heavy atom. The van der Waals surface area contributed by atoms with Crippen LogP contribution < -0.4 is 10.2 Å². The highest BCUT2D eigenvalue weighted by Gasteiger charge is 2.24. The molecule has 4 heteroatoms. The molecule has 20 heavy (non-hydrogen) atoms. The number of hydrogen-bond acceptors (Lipinski definition) is 3. The molecule has 0 fully saturated rings. The van der Waals surface area contributed by atoms with E-state index in [-0.39, 0.29) is 11.9 Å². The fraction of sp³-hybridized carbons (Fsp3) is 0.312. The number of aromatic nitrogens is 1. The molecule has 1 aromatic heterocycles. The van der Waals surface area contributed by atoms with Crippen LogP contribution in [0.15, 0.2) is 36.5 Å². The van der Waals surface area contributed by atoms with Gasteiger partial charge in [0.25, 0.3) is 0 Å². The summed E-state index contributed by atoms with van der Waals surface area (Å²) in [6.45, 7) is 0. The van der Waals surface area contributed by atoms with Gasteiger partial charge >= 0.3 is 0 Å². The molecule has 104 valence electrons. The first kappa shape index (κ1) is 12.9. The van der Waals surface area contributed by atoms with Gasteiger partial charge in [-0.15, -0.1) is 0 Å². The molecular formula is C16H18FN3. The molecule has 0 spiro atoms. The van der Waals surface area contributed by atoms with Gasteiger partial charge in [-0.05, 0) is 42.2 Å². The molecule has 1 atom stereocenters. The van der Waals surface area contributed by atoms with Crippen LogP contribution in [-0.4, -0.2) is 19.1 Å². The minimum absolute atomic E-state index is 0.0899. The summed E-state index contributed by atoms with van der Waals surface area (Å²) >= 11 is 0. The van der Waals surface area contributed by atoms with E-state index in [2.05, 4.69) is 10.3 Å². The molecule has 1 unspecified atom stereocenters. The molecule has 0 radical (unpaired) electrons. The highest BCUT2D eigenvalue weighted by molar-refractivity contribution is 5.51. The van der Waals surface area contributed by atoms with Crippen molar-refractivity contribution in [2.24, 2.45) is 0 Å². The molecule has 0 aliphatic heterocycles. The van der Waals surface area contributed by atoms with Crippen molar-refractivity contribution in [1.29, 1.82) is 0 Å². The van der Waals surface area contributed by atoms with E-state index in [1.165, 1.54) is 6.07 Å². The molecule has 0 saturated heterocycles. The van der Waals surface area contributed by atoms with Gasteiger partial charge in [0.1, 0.15) is 11.6 Å². The van der Waals surface area contributed by atoms with Crippen LogP contribution in [0.3, 0.4) is 0 Å². The van der Waals surface area contributed by atoms with E-state index in [9.17, 15) is 4.39 Å². The maximum absolute atomic E-state index is 13.7. The first-order valence-electron chi connectivity index (χ1n) is 6.82. The van der Waals surface area contributed by atoms with Crippen LogP contribution in [0.1, 0.15) is 23.6 Å². The van der Waals surface area contributed by atoms with Gasteiger partial charge < -0.3 is 10.2 Å². The van der Waals surface area contributed by atoms with Gasteiger partial charge in [-0.3, -0.25) is 0 Å². The van der Waals surface area contributed by atoms with Crippen LogP contribution in [-0.2, 0) is 6.42 Å². The van der Waals surface area contributed by atoms with E-state index in [4.69, 9.17) is 0 Å². The molecule has 1 N–H and O–H groups in total. The second kappa shape index (κ2) is 5.12. The third-order valence-electron chi connectivity index (χ3n) is 3.76. The molecule has 1 heterocycles. The SMILES string of the molecule is CN(C)c1ccc(NC2CCc3c(F)cccc32)cn1. The Kier molecular flexibility index (Phi) is 3.30. The number of rotatable bonds is 3. The smallest absolute Gasteiger partial charge is 0.128 e. The Morgan fingerprint density at radius 2 is 2.10 bits per heavy atom. The van der Waals surface area contributed by atoms with E-state index in [1.54, 1.807) is 6.07 Å². The van der Waals surface area contributed by atoms with Crippen molar-refractivity contribution in [3.8, 4) is 0 Å². The number of halogens is 1. The standard InChI is InChI=1S/C16H18FN3/c1-20(2)16-9-6-11(10-18-16)19-15-8-7-12-13(15)4-3-5-14(12)17/h3-6,9-10,15,19H,7-8H2,1-2H3. The number of fused-ring (bicyclic) bond motifs is 1. The predicted molar refractivity (Wildman–Crippen MR) is 79.6 cm³/mol. The monoisotopic (exact) mass is 271 g/mol. The zero-order chi connectivity index (χ0) is 14.1. The Bertz CT molecular complexity index is 608. The number of nitrogens with zero attached hydrogens (tertiary/aromatic N) is 2. The largest absolute Gasteiger partial charge is 0.377 e. The summed E-state index contributed by atoms with van der Waals surface area (Å²) in [5, 5.41) is 3.44. The fourth-order valence-electron chi connectivity index (χ4n) is 2.70. The lowest BCUT2D eigenvalue weighted by Gasteiger charge is -2.17. The predicted octanol–water partition coefficient (Wildman–Crippen LogP) is 3.39. The summed E-state index contributed by atoms with van der Waals surface area (Å²) < 4.78 is 13.7. The van der Waals surface area contributed by atoms with E-state index in [1.807, 2.05) is 43.4 Å². The summed E-state index contributed by atoms with van der Waals surface area (Å²) in [5.74, 6) is 0.835. The van der Waals surface area contributed by atoms with Crippen molar-refractivity contribution in [1.82, 2.24) is 4.98 Å². The number of anilines is 2. The highest BCUT2D eigenvalue weighted by Crippen LogP contribution is 2.35. The second-order valence-electron chi connectivity index (χ2n) is 5.34. The Labute approximate surface area is 118 Å². The van der Waals surface area contributed by atoms with Gasteiger partial charge in [-0.1, -0.05) is 12.1 Å². The average molecular weight is 271 g/mol. The summed E-state index contributed by atoms with van der Waals surface area (Å²) in [4.78, 5) is 6.35. The Morgan fingerprint density at radius 1 is 1.25 bits per heavy atom. The van der Waals surface area contributed by atoms with Crippen molar-refractivity contribution < 1.29 is 4.39 Å². The number of nitrogens with one attached hydrogen (secondary N) is 1. The van der Waals surface area contributed by atoms with Gasteiger partial charge in [-0.2, -0.15) is 0 Å². The van der Waals surface area contributed by atoms with Crippen molar-refractivity contribution >= 4 is 11.5 Å². The average Bonchev–Trinajstić information content (AvgIpc) is 2.84. The van der Waals surface area contributed by atoms with Crippen molar-refractivity contribution in [3.63, 3.8) is 0 Å². The van der Waals surface area contributed by atoms with E-state index in [0.29, 0.717) is 0 Å². The van der Waals surface area contributed by atoms with E-state index < -0.39 is 0 Å². The topological polar surface area (TPSA) is 28.2 Å². The first-order valence-corrected chi connectivity index (χ1v) is 6.82. The lowest BCUT2D eigenvalue weighted by atomic mass is 10.1. The van der Waals surface area contributed by atoms with Crippen LogP contribution in [0.5, 0.6) is 0 Å². The summed E-state index contributed by atoms with van der Waals surface area (Å²) in [7, 11) is 3.93. The van der Waals surface area contributed by atoms with E-state index in [0.717, 1.165) is 35.5 Å². The lowest BCUT2D eigenvalue weighted by Crippen LogP contribution is -2.11. The highest BCUT2D eigenvalue weighted by atomic mass is 19.1. The minimum atomic E-state index is -0.0899. The minimum Gasteiger partial charge on any atom is -0.377 e. The molecule has 3 rings (SSSR count). The summed E-state index contributed by atoms with van der Waals surface area (Å²) in [6.07, 6.45) is 3.54. The van der Waals surface area contributed by atoms with Crippen LogP contribution >= 0.6 is 0 Å². The number of benzene rings is 1. The molecule has 1 aliphatic rings.